The number of benzene rings is 1. The lowest BCUT2D eigenvalue weighted by Gasteiger charge is -2.15. The molecule has 1 aliphatic heterocycles. The van der Waals surface area contributed by atoms with Crippen molar-refractivity contribution in [3.8, 4) is 18.2 Å². The van der Waals surface area contributed by atoms with Gasteiger partial charge < -0.3 is 10.2 Å². The predicted octanol–water partition coefficient (Wildman–Crippen LogP) is 2.63. The van der Waals surface area contributed by atoms with Gasteiger partial charge in [-0.1, -0.05) is 23.7 Å². The molecule has 0 spiro atoms. The lowest BCUT2D eigenvalue weighted by molar-refractivity contribution is 1.09. The van der Waals surface area contributed by atoms with Gasteiger partial charge in [0.05, 0.1) is 11.4 Å². The van der Waals surface area contributed by atoms with Gasteiger partial charge in [-0.25, -0.2) is 9.97 Å². The van der Waals surface area contributed by atoms with Crippen molar-refractivity contribution in [2.24, 2.45) is 0 Å². The Morgan fingerprint density at radius 2 is 1.79 bits per heavy atom. The van der Waals surface area contributed by atoms with E-state index in [1.165, 1.54) is 0 Å². The van der Waals surface area contributed by atoms with Crippen LogP contribution in [0.3, 0.4) is 0 Å². The van der Waals surface area contributed by atoms with E-state index >= 15 is 0 Å². The summed E-state index contributed by atoms with van der Waals surface area (Å²) < 4.78 is 0. The zero-order valence-electron chi connectivity index (χ0n) is 12.4. The van der Waals surface area contributed by atoms with Crippen LogP contribution in [0.25, 0.3) is 5.57 Å². The summed E-state index contributed by atoms with van der Waals surface area (Å²) in [5.41, 5.74) is 1.55. The Kier molecular flexibility index (Phi) is 3.75. The van der Waals surface area contributed by atoms with E-state index in [-0.39, 0.29) is 27.8 Å². The Bertz CT molecular complexity index is 1000. The number of rotatable bonds is 1. The molecule has 0 unspecified atom stereocenters. The van der Waals surface area contributed by atoms with Crippen molar-refractivity contribution in [3.05, 3.63) is 52.3 Å². The highest BCUT2D eigenvalue weighted by Gasteiger charge is 2.27. The fraction of sp³-hybridized carbons (Fsp3) is 0.0625. The van der Waals surface area contributed by atoms with Crippen LogP contribution in [-0.4, -0.2) is 17.0 Å². The van der Waals surface area contributed by atoms with E-state index in [2.05, 4.69) is 21.4 Å². The molecule has 0 saturated carbocycles. The number of allylic oxidation sites excluding steroid dienone is 1. The molecule has 8 heteroatoms. The van der Waals surface area contributed by atoms with Gasteiger partial charge >= 0.3 is 0 Å². The maximum absolute atomic E-state index is 9.60. The predicted molar refractivity (Wildman–Crippen MR) is 87.5 cm³/mol. The van der Waals surface area contributed by atoms with E-state index in [4.69, 9.17) is 22.1 Å². The summed E-state index contributed by atoms with van der Waals surface area (Å²) >= 11 is 6.08. The fourth-order valence-electron chi connectivity index (χ4n) is 2.38. The molecule has 3 rings (SSSR count). The third-order valence-corrected chi connectivity index (χ3v) is 3.77. The number of hydrogen-bond donors (Lipinski definition) is 1. The Balaban J connectivity index is 2.21. The van der Waals surface area contributed by atoms with Crippen molar-refractivity contribution >= 4 is 28.5 Å². The number of nitrogens with zero attached hydrogens (tertiary/aromatic N) is 6. The first-order valence-electron chi connectivity index (χ1n) is 6.73. The van der Waals surface area contributed by atoms with Gasteiger partial charge in [0, 0.05) is 7.05 Å². The van der Waals surface area contributed by atoms with E-state index in [0.29, 0.717) is 5.82 Å². The molecule has 0 fully saturated rings. The molecule has 1 aromatic carbocycles. The second-order valence-corrected chi connectivity index (χ2v) is 5.18. The van der Waals surface area contributed by atoms with E-state index in [0.717, 1.165) is 11.4 Å². The van der Waals surface area contributed by atoms with Crippen LogP contribution in [0.2, 0.25) is 5.15 Å². The number of anilines is 2. The van der Waals surface area contributed by atoms with Crippen LogP contribution in [-0.2, 0) is 0 Å². The second kappa shape index (κ2) is 5.89. The molecule has 24 heavy (non-hydrogen) atoms. The molecule has 1 aromatic heterocycles. The third-order valence-electron chi connectivity index (χ3n) is 3.50. The molecule has 0 saturated heterocycles. The first kappa shape index (κ1) is 15.3. The molecule has 2 aromatic rings. The van der Waals surface area contributed by atoms with Crippen molar-refractivity contribution in [2.45, 2.75) is 0 Å². The van der Waals surface area contributed by atoms with Gasteiger partial charge in [0.1, 0.15) is 35.3 Å². The normalized spacial score (nSPS) is 14.0. The number of fused-ring (bicyclic) bond motifs is 1. The van der Waals surface area contributed by atoms with Gasteiger partial charge in [-0.15, -0.1) is 0 Å². The molecule has 114 valence electrons. The number of hydrogen-bond acceptors (Lipinski definition) is 7. The van der Waals surface area contributed by atoms with Gasteiger partial charge in [0.25, 0.3) is 0 Å². The maximum atomic E-state index is 9.60. The molecule has 0 radical (unpaired) electrons. The summed E-state index contributed by atoms with van der Waals surface area (Å²) in [5, 5.41) is 30.7. The number of nitriles is 3. The van der Waals surface area contributed by atoms with Gasteiger partial charge in [-0.2, -0.15) is 15.8 Å². The summed E-state index contributed by atoms with van der Waals surface area (Å²) in [6.45, 7) is 0. The summed E-state index contributed by atoms with van der Waals surface area (Å²) in [6.07, 6.45) is 0. The molecule has 7 nitrogen and oxygen atoms in total. The average Bonchev–Trinajstić information content (AvgIpc) is 2.93. The van der Waals surface area contributed by atoms with Crippen LogP contribution in [0.4, 0.5) is 11.4 Å². The second-order valence-electron chi connectivity index (χ2n) is 4.82. The first-order chi connectivity index (χ1) is 11.6. The molecule has 1 aliphatic rings. The maximum Gasteiger partial charge on any atom is 0.178 e. The van der Waals surface area contributed by atoms with Crippen molar-refractivity contribution in [1.82, 2.24) is 9.97 Å². The van der Waals surface area contributed by atoms with Crippen molar-refractivity contribution in [2.75, 3.05) is 17.3 Å². The zero-order chi connectivity index (χ0) is 17.3. The molecule has 2 heterocycles. The van der Waals surface area contributed by atoms with Gasteiger partial charge in [-0.3, -0.25) is 0 Å². The molecule has 0 amide bonds. The van der Waals surface area contributed by atoms with Crippen LogP contribution in [0.15, 0.2) is 30.1 Å². The van der Waals surface area contributed by atoms with Gasteiger partial charge in [0.15, 0.2) is 16.5 Å². The summed E-state index contributed by atoms with van der Waals surface area (Å²) in [7, 11) is 1.79. The summed E-state index contributed by atoms with van der Waals surface area (Å²) in [6, 6.07) is 13.1. The number of nitrogens with one attached hydrogen (secondary N) is 1. The quantitative estimate of drug-likeness (QED) is 0.798. The van der Waals surface area contributed by atoms with Crippen LogP contribution in [0.5, 0.6) is 0 Å². The van der Waals surface area contributed by atoms with Crippen molar-refractivity contribution in [1.29, 1.82) is 15.8 Å². The Morgan fingerprint density at radius 1 is 1.12 bits per heavy atom. The highest BCUT2D eigenvalue weighted by Crippen LogP contribution is 2.38. The Labute approximate surface area is 142 Å². The molecule has 0 aliphatic carbocycles. The highest BCUT2D eigenvalue weighted by molar-refractivity contribution is 6.31. The topological polar surface area (TPSA) is 112 Å². The average molecular weight is 334 g/mol. The van der Waals surface area contributed by atoms with Crippen molar-refractivity contribution < 1.29 is 0 Å². The van der Waals surface area contributed by atoms with E-state index in [9.17, 15) is 5.26 Å². The Morgan fingerprint density at radius 3 is 2.42 bits per heavy atom. The summed E-state index contributed by atoms with van der Waals surface area (Å²) in [4.78, 5) is 9.70. The molecule has 0 bridgehead atoms. The minimum absolute atomic E-state index is 0.0527. The lowest BCUT2D eigenvalue weighted by atomic mass is 10.2. The smallest absolute Gasteiger partial charge is 0.178 e. The zero-order valence-corrected chi connectivity index (χ0v) is 13.1. The van der Waals surface area contributed by atoms with E-state index in [1.54, 1.807) is 24.1 Å². The molecular formula is C16H8ClN7. The van der Waals surface area contributed by atoms with Crippen LogP contribution >= 0.6 is 11.6 Å². The fourth-order valence-corrected chi connectivity index (χ4v) is 2.60. The molecule has 1 N–H and O–H groups in total. The van der Waals surface area contributed by atoms with Gasteiger partial charge in [-0.05, 0) is 12.1 Å². The van der Waals surface area contributed by atoms with Crippen LogP contribution < -0.4 is 10.2 Å². The minimum atomic E-state index is -0.177. The SMILES string of the molecule is CN1C(=C(C#N)c2nc(C#N)c(C#N)nc2Cl)Nc2ccccc21. The van der Waals surface area contributed by atoms with E-state index < -0.39 is 0 Å². The minimum Gasteiger partial charge on any atom is -0.339 e. The summed E-state index contributed by atoms with van der Waals surface area (Å²) in [5.74, 6) is 0.475. The lowest BCUT2D eigenvalue weighted by Crippen LogP contribution is -2.17. The number of para-hydroxylation sites is 2. The molecular weight excluding hydrogens is 326 g/mol. The van der Waals surface area contributed by atoms with Crippen LogP contribution in [0, 0.1) is 34.0 Å². The number of aromatic nitrogens is 2. The van der Waals surface area contributed by atoms with E-state index in [1.807, 2.05) is 24.3 Å². The Hall–Kier alpha value is -3.60. The monoisotopic (exact) mass is 333 g/mol. The third kappa shape index (κ3) is 2.28. The van der Waals surface area contributed by atoms with Gasteiger partial charge in [0.2, 0.25) is 0 Å². The molecule has 0 atom stereocenters. The number of halogens is 1. The highest BCUT2D eigenvalue weighted by atomic mass is 35.5. The largest absolute Gasteiger partial charge is 0.339 e. The van der Waals surface area contributed by atoms with Crippen molar-refractivity contribution in [3.63, 3.8) is 0 Å². The van der Waals surface area contributed by atoms with Crippen LogP contribution in [0.1, 0.15) is 17.1 Å². The first-order valence-corrected chi connectivity index (χ1v) is 7.10. The standard InChI is InChI=1S/C16H8ClN7/c1-24-13-5-3-2-4-10(13)23-16(24)9(6-18)14-15(17)22-12(8-20)11(7-19)21-14/h2-5,23H,1H3.